The molecular formula is C28H28Cl2Zr+2. The fourth-order valence-corrected chi connectivity index (χ4v) is 4.05. The quantitative estimate of drug-likeness (QED) is 0.381. The predicted molar refractivity (Wildman–Crippen MR) is 130 cm³/mol. The number of benzene rings is 2. The summed E-state index contributed by atoms with van der Waals surface area (Å²) in [6.07, 6.45) is 23.3. The van der Waals surface area contributed by atoms with Gasteiger partial charge in [-0.05, 0) is 123 Å². The second-order valence-electron chi connectivity index (χ2n) is 7.82. The molecule has 1 unspecified atom stereocenters. The van der Waals surface area contributed by atoms with Gasteiger partial charge in [-0.25, -0.2) is 0 Å². The van der Waals surface area contributed by atoms with Gasteiger partial charge in [0.05, 0.1) is 0 Å². The van der Waals surface area contributed by atoms with Crippen LogP contribution in [0.1, 0.15) is 40.7 Å². The first-order valence-electron chi connectivity index (χ1n) is 10.8. The van der Waals surface area contributed by atoms with Crippen molar-refractivity contribution in [3.63, 3.8) is 0 Å². The molecule has 0 heterocycles. The van der Waals surface area contributed by atoms with Gasteiger partial charge in [-0.15, -0.1) is 0 Å². The molecule has 8 rings (SSSR count). The van der Waals surface area contributed by atoms with Crippen LogP contribution in [0, 0.1) is 63.7 Å². The Morgan fingerprint density at radius 2 is 1.10 bits per heavy atom. The number of rotatable bonds is 2. The van der Waals surface area contributed by atoms with Crippen LogP contribution in [0.5, 0.6) is 0 Å². The van der Waals surface area contributed by atoms with E-state index in [9.17, 15) is 0 Å². The zero-order valence-corrected chi connectivity index (χ0v) is 21.9. The van der Waals surface area contributed by atoms with Gasteiger partial charge >= 0.3 is 37.9 Å². The minimum atomic E-state index is -0.826. The van der Waals surface area contributed by atoms with Crippen molar-refractivity contribution in [1.82, 2.24) is 0 Å². The van der Waals surface area contributed by atoms with Crippen molar-refractivity contribution >= 4 is 17.0 Å². The molecule has 0 aromatic heterocycles. The molecule has 2 aromatic rings. The Hall–Kier alpha value is -0.0969. The normalized spacial score (nSPS) is 18.7. The van der Waals surface area contributed by atoms with Crippen LogP contribution < -0.4 is 0 Å². The fraction of sp³-hybridized carbons (Fsp3) is 0.214. The molecule has 6 aliphatic rings. The van der Waals surface area contributed by atoms with Gasteiger partial charge in [-0.1, -0.05) is 49.4 Å². The van der Waals surface area contributed by atoms with Crippen molar-refractivity contribution < 1.29 is 20.8 Å². The molecule has 6 aliphatic carbocycles. The van der Waals surface area contributed by atoms with E-state index in [0.29, 0.717) is 5.92 Å². The summed E-state index contributed by atoms with van der Waals surface area (Å²) in [5.41, 5.74) is 7.39. The molecule has 0 aliphatic heterocycles. The topological polar surface area (TPSA) is 0 Å². The Kier molecular flexibility index (Phi) is 11.7. The average molecular weight is 527 g/mol. The second-order valence-corrected chi connectivity index (χ2v) is 11.6. The number of hydrogen-bond acceptors (Lipinski definition) is 0. The molecule has 156 valence electrons. The van der Waals surface area contributed by atoms with Crippen molar-refractivity contribution in [2.75, 3.05) is 0 Å². The Morgan fingerprint density at radius 1 is 0.645 bits per heavy atom. The molecule has 1 atom stereocenters. The van der Waals surface area contributed by atoms with Gasteiger partial charge in [0.2, 0.25) is 0 Å². The second kappa shape index (κ2) is 14.2. The molecule has 0 spiro atoms. The Balaban J connectivity index is 0.000000290. The first-order valence-corrected chi connectivity index (χ1v) is 17.1. The third kappa shape index (κ3) is 8.32. The maximum absolute atomic E-state index is 4.93. The summed E-state index contributed by atoms with van der Waals surface area (Å²) in [5, 5.41) is 0. The van der Waals surface area contributed by atoms with E-state index in [1.165, 1.54) is 33.7 Å². The number of aryl methyl sites for hydroxylation is 4. The summed E-state index contributed by atoms with van der Waals surface area (Å²) in [6, 6.07) is 16.4. The van der Waals surface area contributed by atoms with Crippen LogP contribution >= 0.6 is 17.0 Å². The van der Waals surface area contributed by atoms with E-state index < -0.39 is 20.8 Å². The van der Waals surface area contributed by atoms with E-state index in [4.69, 9.17) is 17.0 Å². The van der Waals surface area contributed by atoms with E-state index in [1.807, 2.05) is 32.1 Å². The van der Waals surface area contributed by atoms with Crippen molar-refractivity contribution in [3.05, 3.63) is 134 Å². The van der Waals surface area contributed by atoms with Gasteiger partial charge in [-0.3, -0.25) is 0 Å². The van der Waals surface area contributed by atoms with E-state index in [2.05, 4.69) is 75.1 Å². The van der Waals surface area contributed by atoms with E-state index in [1.54, 1.807) is 0 Å². The van der Waals surface area contributed by atoms with Gasteiger partial charge in [0.15, 0.2) is 0 Å². The van der Waals surface area contributed by atoms with Crippen LogP contribution in [-0.2, 0) is 46.5 Å². The molecule has 0 nitrogen and oxygen atoms in total. The molecule has 4 bridgehead atoms. The molecule has 31 heavy (non-hydrogen) atoms. The summed E-state index contributed by atoms with van der Waals surface area (Å²) in [5.74, 6) is 1.91. The first-order chi connectivity index (χ1) is 15.2. The van der Waals surface area contributed by atoms with Gasteiger partial charge < -0.3 is 0 Å². The molecule has 2 fully saturated rings. The summed E-state index contributed by atoms with van der Waals surface area (Å²) < 4.78 is 0. The molecule has 0 saturated heterocycles. The number of hydrogen-bond donors (Lipinski definition) is 0. The third-order valence-corrected chi connectivity index (χ3v) is 5.83. The molecule has 0 amide bonds. The Bertz CT molecular complexity index is 753. The summed E-state index contributed by atoms with van der Waals surface area (Å²) >= 11 is -0.826. The first kappa shape index (κ1) is 25.5. The van der Waals surface area contributed by atoms with Crippen molar-refractivity contribution in [3.8, 4) is 0 Å². The van der Waals surface area contributed by atoms with Crippen molar-refractivity contribution in [2.24, 2.45) is 0 Å². The monoisotopic (exact) mass is 524 g/mol. The van der Waals surface area contributed by atoms with Crippen LogP contribution in [0.4, 0.5) is 0 Å². The minimum absolute atomic E-state index is 0.476. The van der Waals surface area contributed by atoms with Crippen LogP contribution in [0.25, 0.3) is 0 Å². The van der Waals surface area contributed by atoms with Crippen molar-refractivity contribution in [2.45, 2.75) is 38.5 Å². The summed E-state index contributed by atoms with van der Waals surface area (Å²) in [7, 11) is 9.87. The van der Waals surface area contributed by atoms with Gasteiger partial charge in [0.1, 0.15) is 0 Å². The zero-order valence-electron chi connectivity index (χ0n) is 17.9. The van der Waals surface area contributed by atoms with Gasteiger partial charge in [-0.2, -0.15) is 0 Å². The van der Waals surface area contributed by atoms with Crippen LogP contribution in [0.3, 0.4) is 0 Å². The standard InChI is InChI=1S/C23H23.C5H5.2ClH.Zr/c1-17(21-4-2-3-5-21)23-16-20-11-10-18-6-8-19(9-7-18)12-14-22(23)15-13-20;1-2-4-5-3-1;;;/h2-9,13,15-17H,10-12,14H2,1H3;1-5H;2*1H;/q;;;;+4/p-2. The van der Waals surface area contributed by atoms with Crippen molar-refractivity contribution in [1.29, 1.82) is 0 Å². The molecule has 0 N–H and O–H groups in total. The average Bonchev–Trinajstić information content (AvgIpc) is 3.53. The Morgan fingerprint density at radius 3 is 1.65 bits per heavy atom. The van der Waals surface area contributed by atoms with Crippen LogP contribution in [-0.4, -0.2) is 0 Å². The van der Waals surface area contributed by atoms with E-state index >= 15 is 0 Å². The molecule has 3 heteroatoms. The Labute approximate surface area is 209 Å². The SMILES string of the molecule is CC([C]1[CH][CH][CH][CH]1)c1cc2ccc1CCc1ccc(cc1)CC2.[CH]1[CH][CH][CH][CH]1.[Cl][Zr+2][Cl]. The van der Waals surface area contributed by atoms with E-state index in [-0.39, 0.29) is 0 Å². The van der Waals surface area contributed by atoms with Crippen LogP contribution in [0.2, 0.25) is 0 Å². The third-order valence-electron chi connectivity index (χ3n) is 5.83. The fourth-order valence-electron chi connectivity index (χ4n) is 4.05. The molecule has 2 aromatic carbocycles. The summed E-state index contributed by atoms with van der Waals surface area (Å²) in [6.45, 7) is 2.34. The number of halogens is 2. The molecular weight excluding hydrogens is 498 g/mol. The van der Waals surface area contributed by atoms with E-state index in [0.717, 1.165) is 25.7 Å². The van der Waals surface area contributed by atoms with Gasteiger partial charge in [0, 0.05) is 0 Å². The van der Waals surface area contributed by atoms with Crippen LogP contribution in [0.15, 0.2) is 42.5 Å². The summed E-state index contributed by atoms with van der Waals surface area (Å²) in [4.78, 5) is 0. The predicted octanol–water partition coefficient (Wildman–Crippen LogP) is 7.48. The van der Waals surface area contributed by atoms with Gasteiger partial charge in [0.25, 0.3) is 0 Å². The molecule has 2 saturated carbocycles. The molecule has 10 radical (unpaired) electrons. The zero-order chi connectivity index (χ0) is 21.9. The maximum atomic E-state index is 4.93.